The fraction of sp³-hybridized carbons (Fsp3) is 0.500. The summed E-state index contributed by atoms with van der Waals surface area (Å²) in [5.74, 6) is 1.07. The molecule has 0 N–H and O–H groups in total. The number of pyridine rings is 1. The second-order valence-corrected chi connectivity index (χ2v) is 6.66. The van der Waals surface area contributed by atoms with E-state index in [1.54, 1.807) is 12.4 Å². The van der Waals surface area contributed by atoms with Gasteiger partial charge >= 0.3 is 0 Å². The molecule has 4 rings (SSSR count). The van der Waals surface area contributed by atoms with E-state index in [1.807, 2.05) is 29.6 Å². The van der Waals surface area contributed by atoms with Crippen molar-refractivity contribution in [3.63, 3.8) is 0 Å². The summed E-state index contributed by atoms with van der Waals surface area (Å²) in [5, 5.41) is 0. The number of anilines is 1. The van der Waals surface area contributed by atoms with Gasteiger partial charge in [-0.25, -0.2) is 9.97 Å². The van der Waals surface area contributed by atoms with Gasteiger partial charge in [0.1, 0.15) is 5.82 Å². The third-order valence-electron chi connectivity index (χ3n) is 5.06. The molecule has 2 aromatic rings. The first-order valence-electron chi connectivity index (χ1n) is 8.79. The van der Waals surface area contributed by atoms with Gasteiger partial charge in [-0.1, -0.05) is 0 Å². The average molecular weight is 325 g/mol. The number of piperidine rings is 1. The SMILES string of the molecule is O=C(c1ccc(N2CCCC2)nc1)N1CCCC(n2ccnc2)C1. The zero-order valence-electron chi connectivity index (χ0n) is 13.8. The van der Waals surface area contributed by atoms with Crippen LogP contribution in [0.25, 0.3) is 0 Å². The lowest BCUT2D eigenvalue weighted by Crippen LogP contribution is -2.40. The number of aromatic nitrogens is 3. The summed E-state index contributed by atoms with van der Waals surface area (Å²) in [6, 6.07) is 4.22. The van der Waals surface area contributed by atoms with Crippen molar-refractivity contribution in [1.29, 1.82) is 0 Å². The smallest absolute Gasteiger partial charge is 0.255 e. The highest BCUT2D eigenvalue weighted by Gasteiger charge is 2.25. The number of carbonyl (C=O) groups excluding carboxylic acids is 1. The highest BCUT2D eigenvalue weighted by atomic mass is 16.2. The Bertz CT molecular complexity index is 676. The molecule has 0 spiro atoms. The van der Waals surface area contributed by atoms with E-state index in [2.05, 4.69) is 19.4 Å². The molecule has 1 unspecified atom stereocenters. The number of imidazole rings is 1. The number of nitrogens with zero attached hydrogens (tertiary/aromatic N) is 5. The maximum atomic E-state index is 12.8. The van der Waals surface area contributed by atoms with Crippen LogP contribution in [-0.4, -0.2) is 51.5 Å². The Morgan fingerprint density at radius 1 is 1.12 bits per heavy atom. The van der Waals surface area contributed by atoms with Crippen LogP contribution in [0, 0.1) is 0 Å². The molecule has 2 fully saturated rings. The van der Waals surface area contributed by atoms with Gasteiger partial charge in [0.05, 0.1) is 17.9 Å². The second kappa shape index (κ2) is 6.63. The zero-order chi connectivity index (χ0) is 16.4. The maximum absolute atomic E-state index is 12.8. The van der Waals surface area contributed by atoms with Crippen LogP contribution in [0.15, 0.2) is 37.1 Å². The number of likely N-dealkylation sites (tertiary alicyclic amines) is 1. The second-order valence-electron chi connectivity index (χ2n) is 6.66. The van der Waals surface area contributed by atoms with Crippen molar-refractivity contribution in [3.8, 4) is 0 Å². The van der Waals surface area contributed by atoms with Gasteiger partial charge in [-0.3, -0.25) is 4.79 Å². The van der Waals surface area contributed by atoms with Crippen LogP contribution in [-0.2, 0) is 0 Å². The predicted octanol–water partition coefficient (Wildman–Crippen LogP) is 2.36. The summed E-state index contributed by atoms with van der Waals surface area (Å²) in [4.78, 5) is 25.6. The molecule has 2 aromatic heterocycles. The van der Waals surface area contributed by atoms with E-state index in [1.165, 1.54) is 12.8 Å². The van der Waals surface area contributed by atoms with E-state index in [0.717, 1.165) is 44.8 Å². The van der Waals surface area contributed by atoms with E-state index < -0.39 is 0 Å². The van der Waals surface area contributed by atoms with Crippen LogP contribution >= 0.6 is 0 Å². The molecular formula is C18H23N5O. The lowest BCUT2D eigenvalue weighted by molar-refractivity contribution is 0.0679. The molecule has 0 radical (unpaired) electrons. The highest BCUT2D eigenvalue weighted by Crippen LogP contribution is 2.23. The van der Waals surface area contributed by atoms with Crippen molar-refractivity contribution in [1.82, 2.24) is 19.4 Å². The molecule has 0 aromatic carbocycles. The van der Waals surface area contributed by atoms with Crippen LogP contribution in [0.5, 0.6) is 0 Å². The van der Waals surface area contributed by atoms with Gasteiger partial charge < -0.3 is 14.4 Å². The minimum absolute atomic E-state index is 0.0836. The van der Waals surface area contributed by atoms with Crippen LogP contribution in [0.2, 0.25) is 0 Å². The molecule has 24 heavy (non-hydrogen) atoms. The Morgan fingerprint density at radius 2 is 2.00 bits per heavy atom. The molecule has 0 aliphatic carbocycles. The van der Waals surface area contributed by atoms with Crippen LogP contribution in [0.3, 0.4) is 0 Å². The van der Waals surface area contributed by atoms with Crippen molar-refractivity contribution < 1.29 is 4.79 Å². The summed E-state index contributed by atoms with van der Waals surface area (Å²) in [6.45, 7) is 3.69. The number of carbonyl (C=O) groups is 1. The van der Waals surface area contributed by atoms with Gasteiger partial charge in [-0.05, 0) is 37.8 Å². The molecule has 2 aliphatic heterocycles. The monoisotopic (exact) mass is 325 g/mol. The number of amides is 1. The highest BCUT2D eigenvalue weighted by molar-refractivity contribution is 5.94. The van der Waals surface area contributed by atoms with Crippen LogP contribution in [0.4, 0.5) is 5.82 Å². The minimum atomic E-state index is 0.0836. The van der Waals surface area contributed by atoms with Gasteiger partial charge in [0.25, 0.3) is 5.91 Å². The Hall–Kier alpha value is -2.37. The Kier molecular flexibility index (Phi) is 4.19. The summed E-state index contributed by atoms with van der Waals surface area (Å²) in [6.07, 6.45) is 11.9. The number of hydrogen-bond acceptors (Lipinski definition) is 4. The van der Waals surface area contributed by atoms with Gasteiger partial charge in [0.2, 0.25) is 0 Å². The standard InChI is InChI=1S/C18H23N5O/c24-18(15-5-6-17(20-12-15)21-8-1-2-9-21)22-10-3-4-16(13-22)23-11-7-19-14-23/h5-7,11-12,14,16H,1-4,8-10,13H2. The molecule has 1 amide bonds. The average Bonchev–Trinajstić information content (AvgIpc) is 3.35. The largest absolute Gasteiger partial charge is 0.357 e. The van der Waals surface area contributed by atoms with E-state index in [-0.39, 0.29) is 5.91 Å². The van der Waals surface area contributed by atoms with Crippen molar-refractivity contribution in [2.24, 2.45) is 0 Å². The first-order chi connectivity index (χ1) is 11.8. The van der Waals surface area contributed by atoms with Gasteiger partial charge in [0, 0.05) is 44.8 Å². The summed E-state index contributed by atoms with van der Waals surface area (Å²) >= 11 is 0. The third-order valence-corrected chi connectivity index (χ3v) is 5.06. The van der Waals surface area contributed by atoms with Crippen molar-refractivity contribution >= 4 is 11.7 Å². The first kappa shape index (κ1) is 15.2. The molecular weight excluding hydrogens is 302 g/mol. The minimum Gasteiger partial charge on any atom is -0.357 e. The number of rotatable bonds is 3. The molecule has 1 atom stereocenters. The molecule has 6 nitrogen and oxygen atoms in total. The summed E-state index contributed by atoms with van der Waals surface area (Å²) < 4.78 is 2.11. The maximum Gasteiger partial charge on any atom is 0.255 e. The van der Waals surface area contributed by atoms with Crippen molar-refractivity contribution in [2.75, 3.05) is 31.1 Å². The molecule has 4 heterocycles. The lowest BCUT2D eigenvalue weighted by atomic mass is 10.0. The van der Waals surface area contributed by atoms with E-state index in [0.29, 0.717) is 11.6 Å². The quantitative estimate of drug-likeness (QED) is 0.869. The Morgan fingerprint density at radius 3 is 2.71 bits per heavy atom. The molecule has 126 valence electrons. The van der Waals surface area contributed by atoms with Gasteiger partial charge in [0.15, 0.2) is 0 Å². The Balaban J connectivity index is 1.44. The zero-order valence-corrected chi connectivity index (χ0v) is 13.8. The van der Waals surface area contributed by atoms with E-state index in [9.17, 15) is 4.79 Å². The summed E-state index contributed by atoms with van der Waals surface area (Å²) in [7, 11) is 0. The first-order valence-corrected chi connectivity index (χ1v) is 8.79. The predicted molar refractivity (Wildman–Crippen MR) is 92.1 cm³/mol. The van der Waals surface area contributed by atoms with E-state index in [4.69, 9.17) is 0 Å². The fourth-order valence-corrected chi connectivity index (χ4v) is 3.70. The van der Waals surface area contributed by atoms with Crippen molar-refractivity contribution in [2.45, 2.75) is 31.7 Å². The fourth-order valence-electron chi connectivity index (χ4n) is 3.70. The molecule has 2 saturated heterocycles. The van der Waals surface area contributed by atoms with Crippen LogP contribution in [0.1, 0.15) is 42.1 Å². The Labute approximate surface area is 142 Å². The van der Waals surface area contributed by atoms with Crippen molar-refractivity contribution in [3.05, 3.63) is 42.6 Å². The molecule has 2 aliphatic rings. The van der Waals surface area contributed by atoms with Gasteiger partial charge in [-0.15, -0.1) is 0 Å². The van der Waals surface area contributed by atoms with E-state index >= 15 is 0 Å². The molecule has 6 heteroatoms. The lowest BCUT2D eigenvalue weighted by Gasteiger charge is -2.33. The molecule has 0 saturated carbocycles. The normalized spacial score (nSPS) is 21.2. The third kappa shape index (κ3) is 3.00. The van der Waals surface area contributed by atoms with Crippen LogP contribution < -0.4 is 4.90 Å². The number of hydrogen-bond donors (Lipinski definition) is 0. The summed E-state index contributed by atoms with van der Waals surface area (Å²) in [5.41, 5.74) is 0.684. The van der Waals surface area contributed by atoms with Gasteiger partial charge in [-0.2, -0.15) is 0 Å². The molecule has 0 bridgehead atoms. The topological polar surface area (TPSA) is 54.3 Å².